The second-order valence-corrected chi connectivity index (χ2v) is 12.7. The Bertz CT molecular complexity index is 3010. The SMILES string of the molecule is c1cc(-n2c3ccccc3c3ccc(-n4cc(-n5c6ccccc6c6ccccc65)nn4)cc32)cc(-n2c3ccccc3c3cccnc32)c1. The lowest BCUT2D eigenvalue weighted by Gasteiger charge is -2.12. The van der Waals surface area contributed by atoms with Crippen LogP contribution in [0.15, 0.2) is 164 Å². The fourth-order valence-electron chi connectivity index (χ4n) is 7.86. The van der Waals surface area contributed by atoms with Crippen LogP contribution in [-0.4, -0.2) is 33.7 Å². The van der Waals surface area contributed by atoms with Gasteiger partial charge in [0, 0.05) is 49.9 Å². The summed E-state index contributed by atoms with van der Waals surface area (Å²) >= 11 is 0. The molecule has 0 radical (unpaired) electrons. The molecule has 0 spiro atoms. The van der Waals surface area contributed by atoms with Crippen molar-refractivity contribution < 1.29 is 0 Å². The molecule has 0 atom stereocenters. The molecule has 0 amide bonds. The molecule has 0 saturated heterocycles. The van der Waals surface area contributed by atoms with Gasteiger partial charge in [-0.05, 0) is 66.7 Å². The van der Waals surface area contributed by atoms with Crippen LogP contribution in [0, 0.1) is 0 Å². The van der Waals surface area contributed by atoms with Crippen LogP contribution in [0.5, 0.6) is 0 Å². The lowest BCUT2D eigenvalue weighted by Crippen LogP contribution is -2.00. The van der Waals surface area contributed by atoms with E-state index in [9.17, 15) is 0 Å². The predicted octanol–water partition coefficient (Wildman–Crippen LogP) is 9.95. The molecule has 0 aliphatic rings. The van der Waals surface area contributed by atoms with Crippen LogP contribution >= 0.6 is 0 Å². The van der Waals surface area contributed by atoms with Gasteiger partial charge in [-0.15, -0.1) is 5.10 Å². The average Bonchev–Trinajstić information content (AvgIpc) is 3.94. The lowest BCUT2D eigenvalue weighted by atomic mass is 10.1. The van der Waals surface area contributed by atoms with E-state index < -0.39 is 0 Å². The van der Waals surface area contributed by atoms with Crippen molar-refractivity contribution in [2.75, 3.05) is 0 Å². The first-order chi connectivity index (χ1) is 24.8. The first kappa shape index (κ1) is 27.0. The monoisotopic (exact) mass is 641 g/mol. The predicted molar refractivity (Wildman–Crippen MR) is 202 cm³/mol. The molecule has 5 heterocycles. The Balaban J connectivity index is 1.10. The van der Waals surface area contributed by atoms with Crippen LogP contribution < -0.4 is 0 Å². The molecular weight excluding hydrogens is 615 g/mol. The van der Waals surface area contributed by atoms with E-state index in [4.69, 9.17) is 4.98 Å². The van der Waals surface area contributed by atoms with Crippen molar-refractivity contribution in [1.29, 1.82) is 0 Å². The fraction of sp³-hybridized carbons (Fsp3) is 0. The molecule has 0 aliphatic heterocycles. The maximum absolute atomic E-state index is 4.82. The molecule has 0 bridgehead atoms. The molecule has 0 saturated carbocycles. The zero-order valence-corrected chi connectivity index (χ0v) is 26.7. The van der Waals surface area contributed by atoms with Crippen molar-refractivity contribution in [2.24, 2.45) is 0 Å². The van der Waals surface area contributed by atoms with Crippen LogP contribution in [0.4, 0.5) is 0 Å². The van der Waals surface area contributed by atoms with Crippen molar-refractivity contribution in [1.82, 2.24) is 33.7 Å². The van der Waals surface area contributed by atoms with Crippen LogP contribution in [0.25, 0.3) is 88.4 Å². The Labute approximate surface area is 285 Å². The van der Waals surface area contributed by atoms with Gasteiger partial charge in [0.15, 0.2) is 5.82 Å². The Morgan fingerprint density at radius 3 is 1.60 bits per heavy atom. The summed E-state index contributed by atoms with van der Waals surface area (Å²) in [7, 11) is 0. The molecule has 11 aromatic rings. The average molecular weight is 642 g/mol. The summed E-state index contributed by atoms with van der Waals surface area (Å²) in [6.45, 7) is 0. The van der Waals surface area contributed by atoms with Gasteiger partial charge in [-0.25, -0.2) is 9.67 Å². The molecule has 0 aliphatic carbocycles. The molecule has 0 fully saturated rings. The molecule has 5 aromatic heterocycles. The summed E-state index contributed by atoms with van der Waals surface area (Å²) in [6, 6.07) is 53.5. The molecule has 234 valence electrons. The van der Waals surface area contributed by atoms with Gasteiger partial charge in [-0.2, -0.15) is 0 Å². The van der Waals surface area contributed by atoms with Crippen LogP contribution in [0.3, 0.4) is 0 Å². The highest BCUT2D eigenvalue weighted by Gasteiger charge is 2.18. The summed E-state index contributed by atoms with van der Waals surface area (Å²) in [5.41, 5.74) is 9.58. The van der Waals surface area contributed by atoms with Crippen LogP contribution in [0.2, 0.25) is 0 Å². The summed E-state index contributed by atoms with van der Waals surface area (Å²) in [5, 5.41) is 16.4. The molecule has 11 rings (SSSR count). The van der Waals surface area contributed by atoms with Crippen molar-refractivity contribution in [3.63, 3.8) is 0 Å². The van der Waals surface area contributed by atoms with E-state index in [1.807, 2.05) is 23.1 Å². The Morgan fingerprint density at radius 1 is 0.380 bits per heavy atom. The molecule has 0 unspecified atom stereocenters. The first-order valence-corrected chi connectivity index (χ1v) is 16.7. The Morgan fingerprint density at radius 2 is 0.920 bits per heavy atom. The van der Waals surface area contributed by atoms with Crippen molar-refractivity contribution in [3.8, 4) is 22.9 Å². The van der Waals surface area contributed by atoms with Crippen molar-refractivity contribution in [3.05, 3.63) is 164 Å². The summed E-state index contributed by atoms with van der Waals surface area (Å²) in [5.74, 6) is 0.774. The number of pyridine rings is 1. The number of aromatic nitrogens is 7. The third-order valence-electron chi connectivity index (χ3n) is 9.99. The topological polar surface area (TPSA) is 58.4 Å². The largest absolute Gasteiger partial charge is 0.309 e. The van der Waals surface area contributed by atoms with E-state index in [0.717, 1.165) is 61.5 Å². The Kier molecular flexibility index (Phi) is 5.54. The van der Waals surface area contributed by atoms with Crippen molar-refractivity contribution in [2.45, 2.75) is 0 Å². The van der Waals surface area contributed by atoms with Crippen LogP contribution in [-0.2, 0) is 0 Å². The number of rotatable bonds is 4. The minimum absolute atomic E-state index is 0.774. The van der Waals surface area contributed by atoms with Gasteiger partial charge in [0.25, 0.3) is 0 Å². The minimum atomic E-state index is 0.774. The van der Waals surface area contributed by atoms with Crippen molar-refractivity contribution >= 4 is 65.5 Å². The summed E-state index contributed by atoms with van der Waals surface area (Å²) in [6.07, 6.45) is 3.88. The van der Waals surface area contributed by atoms with Gasteiger partial charge < -0.3 is 4.57 Å². The second kappa shape index (κ2) is 10.3. The maximum Gasteiger partial charge on any atom is 0.180 e. The number of benzene rings is 6. The van der Waals surface area contributed by atoms with Crippen LogP contribution in [0.1, 0.15) is 0 Å². The molecule has 50 heavy (non-hydrogen) atoms. The van der Waals surface area contributed by atoms with E-state index in [2.05, 4.69) is 170 Å². The maximum atomic E-state index is 4.82. The highest BCUT2D eigenvalue weighted by molar-refractivity contribution is 6.11. The number of fused-ring (bicyclic) bond motifs is 9. The van der Waals surface area contributed by atoms with E-state index >= 15 is 0 Å². The number of hydrogen-bond acceptors (Lipinski definition) is 3. The van der Waals surface area contributed by atoms with E-state index in [1.54, 1.807) is 0 Å². The van der Waals surface area contributed by atoms with Gasteiger partial charge in [-0.3, -0.25) is 9.13 Å². The molecule has 7 heteroatoms. The van der Waals surface area contributed by atoms with Gasteiger partial charge in [0.2, 0.25) is 0 Å². The first-order valence-electron chi connectivity index (χ1n) is 16.7. The van der Waals surface area contributed by atoms with E-state index in [0.29, 0.717) is 0 Å². The fourth-order valence-corrected chi connectivity index (χ4v) is 7.86. The number of hydrogen-bond donors (Lipinski definition) is 0. The minimum Gasteiger partial charge on any atom is -0.309 e. The standard InChI is InChI=1S/C43H27N7/c1-5-18-37-33(15-1)35-23-22-28(47-27-42(45-46-47)50-39-20-7-2-13-31(39)32-14-3-8-21-40(32)50)26-41(35)48(37)29-11-9-12-30(25-29)49-38-19-6-4-16-34(38)36-17-10-24-44-43(36)49/h1-27H. The molecule has 7 nitrogen and oxygen atoms in total. The van der Waals surface area contributed by atoms with E-state index in [1.165, 1.54) is 26.9 Å². The highest BCUT2D eigenvalue weighted by atomic mass is 15.4. The second-order valence-electron chi connectivity index (χ2n) is 12.7. The number of nitrogens with zero attached hydrogens (tertiary/aromatic N) is 7. The summed E-state index contributed by atoms with van der Waals surface area (Å²) < 4.78 is 8.68. The third-order valence-corrected chi connectivity index (χ3v) is 9.99. The van der Waals surface area contributed by atoms with Gasteiger partial charge in [-0.1, -0.05) is 90.1 Å². The van der Waals surface area contributed by atoms with Gasteiger partial charge >= 0.3 is 0 Å². The summed E-state index contributed by atoms with van der Waals surface area (Å²) in [4.78, 5) is 4.82. The molecule has 0 N–H and O–H groups in total. The molecular formula is C43H27N7. The number of para-hydroxylation sites is 4. The van der Waals surface area contributed by atoms with E-state index in [-0.39, 0.29) is 0 Å². The smallest absolute Gasteiger partial charge is 0.180 e. The normalized spacial score (nSPS) is 12.0. The zero-order chi connectivity index (χ0) is 32.8. The Hall–Kier alpha value is -6.99. The third kappa shape index (κ3) is 3.77. The lowest BCUT2D eigenvalue weighted by molar-refractivity contribution is 0.801. The van der Waals surface area contributed by atoms with Gasteiger partial charge in [0.05, 0.1) is 39.5 Å². The van der Waals surface area contributed by atoms with Gasteiger partial charge in [0.1, 0.15) is 5.65 Å². The highest BCUT2D eigenvalue weighted by Crippen LogP contribution is 2.36. The quantitative estimate of drug-likeness (QED) is 0.192. The zero-order valence-electron chi connectivity index (χ0n) is 26.7. The molecule has 6 aromatic carbocycles.